The van der Waals surface area contributed by atoms with Crippen molar-refractivity contribution in [3.05, 3.63) is 35.4 Å². The minimum absolute atomic E-state index is 0.604. The van der Waals surface area contributed by atoms with Crippen LogP contribution in [0.5, 0.6) is 0 Å². The van der Waals surface area contributed by atoms with Crippen molar-refractivity contribution < 1.29 is 10.2 Å². The second-order valence-corrected chi connectivity index (χ2v) is 6.06. The van der Waals surface area contributed by atoms with E-state index in [0.717, 1.165) is 24.8 Å². The van der Waals surface area contributed by atoms with Crippen molar-refractivity contribution in [2.24, 2.45) is 5.92 Å². The van der Waals surface area contributed by atoms with Gasteiger partial charge in [-0.2, -0.15) is 0 Å². The Kier molecular flexibility index (Phi) is 4.08. The van der Waals surface area contributed by atoms with Crippen LogP contribution >= 0.6 is 0 Å². The van der Waals surface area contributed by atoms with Gasteiger partial charge < -0.3 is 10.2 Å². The molecule has 0 amide bonds. The van der Waals surface area contributed by atoms with Gasteiger partial charge >= 0.3 is 0 Å². The van der Waals surface area contributed by atoms with Crippen LogP contribution in [0.3, 0.4) is 0 Å². The van der Waals surface area contributed by atoms with Gasteiger partial charge in [0, 0.05) is 0 Å². The molecule has 2 rings (SSSR count). The van der Waals surface area contributed by atoms with E-state index in [4.69, 9.17) is 0 Å². The zero-order valence-corrected chi connectivity index (χ0v) is 11.4. The highest BCUT2D eigenvalue weighted by Gasteiger charge is 2.39. The van der Waals surface area contributed by atoms with Crippen LogP contribution < -0.4 is 0 Å². The minimum Gasteiger partial charge on any atom is -0.387 e. The quantitative estimate of drug-likeness (QED) is 0.859. The molecule has 1 aromatic carbocycles. The van der Waals surface area contributed by atoms with E-state index in [9.17, 15) is 10.2 Å². The highest BCUT2D eigenvalue weighted by molar-refractivity contribution is 5.27. The van der Waals surface area contributed by atoms with Gasteiger partial charge in [0.2, 0.25) is 0 Å². The Balaban J connectivity index is 2.17. The van der Waals surface area contributed by atoms with E-state index < -0.39 is 11.7 Å². The van der Waals surface area contributed by atoms with E-state index in [2.05, 4.69) is 19.9 Å². The molecule has 0 radical (unpaired) electrons. The minimum atomic E-state index is -0.906. The number of benzene rings is 1. The average molecular weight is 248 g/mol. The summed E-state index contributed by atoms with van der Waals surface area (Å²) in [5.41, 5.74) is 1.19. The Bertz CT molecular complexity index is 392. The molecule has 1 fully saturated rings. The Morgan fingerprint density at radius 1 is 1.22 bits per heavy atom. The van der Waals surface area contributed by atoms with Crippen LogP contribution in [0.25, 0.3) is 0 Å². The van der Waals surface area contributed by atoms with Crippen molar-refractivity contribution in [3.63, 3.8) is 0 Å². The molecule has 1 aliphatic rings. The maximum atomic E-state index is 10.4. The molecule has 0 aliphatic heterocycles. The van der Waals surface area contributed by atoms with Gasteiger partial charge in [0.25, 0.3) is 0 Å². The van der Waals surface area contributed by atoms with Gasteiger partial charge in [0.15, 0.2) is 0 Å². The van der Waals surface area contributed by atoms with Gasteiger partial charge in [0.05, 0.1) is 5.60 Å². The summed E-state index contributed by atoms with van der Waals surface area (Å²) >= 11 is 0. The summed E-state index contributed by atoms with van der Waals surface area (Å²) in [7, 11) is 0. The molecule has 0 aromatic heterocycles. The van der Waals surface area contributed by atoms with Gasteiger partial charge in [-0.3, -0.25) is 0 Å². The highest BCUT2D eigenvalue weighted by Crippen LogP contribution is 2.39. The molecule has 0 saturated heterocycles. The van der Waals surface area contributed by atoms with Crippen LogP contribution in [-0.4, -0.2) is 15.8 Å². The van der Waals surface area contributed by atoms with Crippen LogP contribution in [-0.2, 0) is 6.42 Å². The molecule has 2 heteroatoms. The largest absolute Gasteiger partial charge is 0.387 e. The first-order valence-corrected chi connectivity index (χ1v) is 7.00. The number of aliphatic hydroxyl groups is 2. The second kappa shape index (κ2) is 5.41. The molecule has 2 N–H and O–H groups in total. The lowest BCUT2D eigenvalue weighted by molar-refractivity contribution is -0.0719. The Labute approximate surface area is 110 Å². The maximum absolute atomic E-state index is 10.4. The summed E-state index contributed by atoms with van der Waals surface area (Å²) in [5.74, 6) is 0.604. The molecule has 2 nitrogen and oxygen atoms in total. The smallest absolute Gasteiger partial charge is 0.108 e. The molecular weight excluding hydrogens is 224 g/mol. The van der Waals surface area contributed by atoms with Crippen LogP contribution in [0.4, 0.5) is 0 Å². The predicted molar refractivity (Wildman–Crippen MR) is 73.4 cm³/mol. The number of rotatable bonds is 4. The van der Waals surface area contributed by atoms with E-state index in [1.807, 2.05) is 18.2 Å². The molecule has 0 spiro atoms. The standard InChI is InChI=1S/C16H24O2/c1-12(2)10-13-6-5-7-14(11-13)15(17)16(18)8-3-4-9-16/h5-7,11-12,15,17-18H,3-4,8-10H2,1-2H3. The number of hydrogen-bond acceptors (Lipinski definition) is 2. The summed E-state index contributed by atoms with van der Waals surface area (Å²) < 4.78 is 0. The molecule has 1 aliphatic carbocycles. The molecule has 1 saturated carbocycles. The first-order valence-electron chi connectivity index (χ1n) is 7.00. The van der Waals surface area contributed by atoms with Gasteiger partial charge in [-0.1, -0.05) is 51.0 Å². The molecule has 1 aromatic rings. The molecule has 100 valence electrons. The summed E-state index contributed by atoms with van der Waals surface area (Å²) in [6, 6.07) is 8.04. The van der Waals surface area contributed by atoms with Crippen LogP contribution in [0.2, 0.25) is 0 Å². The number of aliphatic hydroxyl groups excluding tert-OH is 1. The van der Waals surface area contributed by atoms with E-state index in [1.54, 1.807) is 0 Å². The van der Waals surface area contributed by atoms with Crippen molar-refractivity contribution >= 4 is 0 Å². The average Bonchev–Trinajstić information content (AvgIpc) is 2.76. The zero-order chi connectivity index (χ0) is 13.2. The van der Waals surface area contributed by atoms with Crippen molar-refractivity contribution in [1.29, 1.82) is 0 Å². The fourth-order valence-electron chi connectivity index (χ4n) is 2.93. The van der Waals surface area contributed by atoms with Crippen LogP contribution in [0.15, 0.2) is 24.3 Å². The molecule has 0 heterocycles. The zero-order valence-electron chi connectivity index (χ0n) is 11.4. The summed E-state index contributed by atoms with van der Waals surface area (Å²) in [5, 5.41) is 20.8. The van der Waals surface area contributed by atoms with Gasteiger partial charge in [-0.25, -0.2) is 0 Å². The highest BCUT2D eigenvalue weighted by atomic mass is 16.3. The molecule has 0 bridgehead atoms. The van der Waals surface area contributed by atoms with E-state index in [1.165, 1.54) is 5.56 Å². The summed E-state index contributed by atoms with van der Waals surface area (Å²) in [6.45, 7) is 4.38. The van der Waals surface area contributed by atoms with Crippen molar-refractivity contribution in [2.45, 2.75) is 57.7 Å². The van der Waals surface area contributed by atoms with Crippen LogP contribution in [0, 0.1) is 5.92 Å². The summed E-state index contributed by atoms with van der Waals surface area (Å²) in [4.78, 5) is 0. The lowest BCUT2D eigenvalue weighted by Crippen LogP contribution is -2.32. The van der Waals surface area contributed by atoms with E-state index in [0.29, 0.717) is 18.8 Å². The Hall–Kier alpha value is -0.860. The van der Waals surface area contributed by atoms with E-state index in [-0.39, 0.29) is 0 Å². The third-order valence-electron chi connectivity index (χ3n) is 3.89. The molecular formula is C16H24O2. The molecule has 18 heavy (non-hydrogen) atoms. The predicted octanol–water partition coefficient (Wildman–Crippen LogP) is 3.22. The van der Waals surface area contributed by atoms with Gasteiger partial charge in [0.1, 0.15) is 6.10 Å². The summed E-state index contributed by atoms with van der Waals surface area (Å²) in [6.07, 6.45) is 3.72. The monoisotopic (exact) mass is 248 g/mol. The fraction of sp³-hybridized carbons (Fsp3) is 0.625. The van der Waals surface area contributed by atoms with Gasteiger partial charge in [-0.15, -0.1) is 0 Å². The maximum Gasteiger partial charge on any atom is 0.108 e. The fourth-order valence-corrected chi connectivity index (χ4v) is 2.93. The van der Waals surface area contributed by atoms with Crippen LogP contribution in [0.1, 0.15) is 56.8 Å². The Morgan fingerprint density at radius 2 is 1.89 bits per heavy atom. The van der Waals surface area contributed by atoms with E-state index >= 15 is 0 Å². The van der Waals surface area contributed by atoms with Crippen molar-refractivity contribution in [2.75, 3.05) is 0 Å². The van der Waals surface area contributed by atoms with Crippen molar-refractivity contribution in [1.82, 2.24) is 0 Å². The second-order valence-electron chi connectivity index (χ2n) is 6.06. The molecule has 1 unspecified atom stereocenters. The normalized spacial score (nSPS) is 20.3. The Morgan fingerprint density at radius 3 is 2.50 bits per heavy atom. The SMILES string of the molecule is CC(C)Cc1cccc(C(O)C2(O)CCCC2)c1. The first kappa shape index (κ1) is 13.6. The lowest BCUT2D eigenvalue weighted by Gasteiger charge is -2.29. The number of hydrogen-bond donors (Lipinski definition) is 2. The lowest BCUT2D eigenvalue weighted by atomic mass is 9.88. The molecule has 1 atom stereocenters. The first-order chi connectivity index (χ1) is 8.51. The third-order valence-corrected chi connectivity index (χ3v) is 3.89. The topological polar surface area (TPSA) is 40.5 Å². The third kappa shape index (κ3) is 2.93. The van der Waals surface area contributed by atoms with Gasteiger partial charge in [-0.05, 0) is 36.3 Å². The van der Waals surface area contributed by atoms with Crippen molar-refractivity contribution in [3.8, 4) is 0 Å².